The monoisotopic (exact) mass is 407 g/mol. The Balaban J connectivity index is 2.00. The van der Waals surface area contributed by atoms with Crippen LogP contribution in [-0.2, 0) is 0 Å². The van der Waals surface area contributed by atoms with Gasteiger partial charge in [-0.05, 0) is 43.3 Å². The highest BCUT2D eigenvalue weighted by atomic mass is 79.9. The summed E-state index contributed by atoms with van der Waals surface area (Å²) in [6.07, 6.45) is 0. The Kier molecular flexibility index (Phi) is 6.70. The van der Waals surface area contributed by atoms with Crippen molar-refractivity contribution in [3.05, 3.63) is 52.0 Å². The number of halogens is 1. The summed E-state index contributed by atoms with van der Waals surface area (Å²) >= 11 is 3.38. The van der Waals surface area contributed by atoms with Crippen LogP contribution >= 0.6 is 15.9 Å². The molecule has 0 atom stereocenters. The SMILES string of the molecule is COc1cc(C(=O)N(C)CCOc2ccc(Br)cc2)cc(OC)c1C. The van der Waals surface area contributed by atoms with Crippen LogP contribution in [0.1, 0.15) is 15.9 Å². The molecule has 5 nitrogen and oxygen atoms in total. The zero-order valence-electron chi connectivity index (χ0n) is 14.8. The van der Waals surface area contributed by atoms with E-state index in [9.17, 15) is 4.79 Å². The maximum atomic E-state index is 12.6. The molecule has 0 heterocycles. The summed E-state index contributed by atoms with van der Waals surface area (Å²) in [5, 5.41) is 0. The Morgan fingerprint density at radius 1 is 1.08 bits per heavy atom. The number of hydrogen-bond donors (Lipinski definition) is 0. The van der Waals surface area contributed by atoms with E-state index in [-0.39, 0.29) is 5.91 Å². The summed E-state index contributed by atoms with van der Waals surface area (Å²) in [5.74, 6) is 1.91. The van der Waals surface area contributed by atoms with E-state index in [1.807, 2.05) is 31.2 Å². The van der Waals surface area contributed by atoms with Crippen LogP contribution in [0.15, 0.2) is 40.9 Å². The predicted octanol–water partition coefficient (Wildman–Crippen LogP) is 3.93. The third-order valence-electron chi connectivity index (χ3n) is 3.85. The maximum Gasteiger partial charge on any atom is 0.253 e. The highest BCUT2D eigenvalue weighted by molar-refractivity contribution is 9.10. The Bertz CT molecular complexity index is 706. The molecule has 25 heavy (non-hydrogen) atoms. The minimum Gasteiger partial charge on any atom is -0.496 e. The van der Waals surface area contributed by atoms with Crippen molar-refractivity contribution in [3.8, 4) is 17.2 Å². The number of carbonyl (C=O) groups is 1. The second kappa shape index (κ2) is 8.76. The lowest BCUT2D eigenvalue weighted by Crippen LogP contribution is -2.31. The normalized spacial score (nSPS) is 10.3. The molecule has 0 saturated heterocycles. The van der Waals surface area contributed by atoms with Gasteiger partial charge in [0, 0.05) is 22.6 Å². The van der Waals surface area contributed by atoms with E-state index in [1.165, 1.54) is 0 Å². The molecule has 0 aliphatic carbocycles. The fourth-order valence-corrected chi connectivity index (χ4v) is 2.63. The number of likely N-dealkylation sites (N-methyl/N-ethyl adjacent to an activating group) is 1. The lowest BCUT2D eigenvalue weighted by molar-refractivity contribution is 0.0773. The number of rotatable bonds is 7. The van der Waals surface area contributed by atoms with E-state index in [2.05, 4.69) is 15.9 Å². The zero-order chi connectivity index (χ0) is 18.4. The van der Waals surface area contributed by atoms with Crippen molar-refractivity contribution in [3.63, 3.8) is 0 Å². The number of ether oxygens (including phenoxy) is 3. The number of hydrogen-bond acceptors (Lipinski definition) is 4. The van der Waals surface area contributed by atoms with Crippen LogP contribution in [-0.4, -0.2) is 45.2 Å². The van der Waals surface area contributed by atoms with Crippen LogP contribution in [0.4, 0.5) is 0 Å². The van der Waals surface area contributed by atoms with Gasteiger partial charge < -0.3 is 19.1 Å². The average Bonchev–Trinajstić information content (AvgIpc) is 2.62. The largest absolute Gasteiger partial charge is 0.496 e. The molecule has 1 amide bonds. The van der Waals surface area contributed by atoms with Crippen molar-refractivity contribution in [1.82, 2.24) is 4.90 Å². The second-order valence-electron chi connectivity index (χ2n) is 5.53. The number of carbonyl (C=O) groups excluding carboxylic acids is 1. The molecule has 0 unspecified atom stereocenters. The molecule has 2 rings (SSSR count). The summed E-state index contributed by atoms with van der Waals surface area (Å²) in [7, 11) is 4.89. The van der Waals surface area contributed by atoms with E-state index in [1.54, 1.807) is 38.3 Å². The molecule has 0 bridgehead atoms. The molecule has 0 aromatic heterocycles. The quantitative estimate of drug-likeness (QED) is 0.697. The van der Waals surface area contributed by atoms with Crippen molar-refractivity contribution in [1.29, 1.82) is 0 Å². The van der Waals surface area contributed by atoms with E-state index >= 15 is 0 Å². The number of methoxy groups -OCH3 is 2. The molecule has 6 heteroatoms. The lowest BCUT2D eigenvalue weighted by atomic mass is 10.1. The van der Waals surface area contributed by atoms with Crippen molar-refractivity contribution < 1.29 is 19.0 Å². The van der Waals surface area contributed by atoms with E-state index in [4.69, 9.17) is 14.2 Å². The van der Waals surface area contributed by atoms with Gasteiger partial charge in [0.2, 0.25) is 0 Å². The zero-order valence-corrected chi connectivity index (χ0v) is 16.4. The van der Waals surface area contributed by atoms with Gasteiger partial charge in [-0.1, -0.05) is 15.9 Å². The smallest absolute Gasteiger partial charge is 0.253 e. The number of amides is 1. The van der Waals surface area contributed by atoms with Gasteiger partial charge in [-0.2, -0.15) is 0 Å². The third kappa shape index (κ3) is 4.89. The van der Waals surface area contributed by atoms with Crippen molar-refractivity contribution in [2.75, 3.05) is 34.4 Å². The van der Waals surface area contributed by atoms with Crippen LogP contribution < -0.4 is 14.2 Å². The Labute approximate surface area is 156 Å². The topological polar surface area (TPSA) is 48.0 Å². The van der Waals surface area contributed by atoms with Gasteiger partial charge in [0.1, 0.15) is 23.9 Å². The molecule has 2 aromatic carbocycles. The Hall–Kier alpha value is -2.21. The summed E-state index contributed by atoms with van der Waals surface area (Å²) in [6.45, 7) is 2.76. The summed E-state index contributed by atoms with van der Waals surface area (Å²) in [6, 6.07) is 11.0. The number of benzene rings is 2. The minimum absolute atomic E-state index is 0.115. The van der Waals surface area contributed by atoms with Crippen molar-refractivity contribution in [2.24, 2.45) is 0 Å². The molecule has 0 aliphatic rings. The van der Waals surface area contributed by atoms with E-state index in [0.29, 0.717) is 30.2 Å². The van der Waals surface area contributed by atoms with Crippen LogP contribution in [0.5, 0.6) is 17.2 Å². The predicted molar refractivity (Wildman–Crippen MR) is 101 cm³/mol. The van der Waals surface area contributed by atoms with Gasteiger partial charge >= 0.3 is 0 Å². The Morgan fingerprint density at radius 2 is 1.64 bits per heavy atom. The molecule has 0 radical (unpaired) electrons. The molecule has 0 spiro atoms. The molecular weight excluding hydrogens is 386 g/mol. The fraction of sp³-hybridized carbons (Fsp3) is 0.316. The van der Waals surface area contributed by atoms with Gasteiger partial charge in [-0.15, -0.1) is 0 Å². The van der Waals surface area contributed by atoms with Crippen LogP contribution in [0.2, 0.25) is 0 Å². The van der Waals surface area contributed by atoms with Crippen LogP contribution in [0.25, 0.3) is 0 Å². The first-order chi connectivity index (χ1) is 12.0. The fourth-order valence-electron chi connectivity index (χ4n) is 2.36. The van der Waals surface area contributed by atoms with Gasteiger partial charge in [0.15, 0.2) is 0 Å². The van der Waals surface area contributed by atoms with Crippen molar-refractivity contribution >= 4 is 21.8 Å². The molecule has 0 N–H and O–H groups in total. The average molecular weight is 408 g/mol. The molecule has 0 aliphatic heterocycles. The van der Waals surface area contributed by atoms with Gasteiger partial charge in [-0.3, -0.25) is 4.79 Å². The molecular formula is C19H22BrNO4. The third-order valence-corrected chi connectivity index (χ3v) is 4.38. The number of nitrogens with zero attached hydrogens (tertiary/aromatic N) is 1. The van der Waals surface area contributed by atoms with Gasteiger partial charge in [0.05, 0.1) is 20.8 Å². The minimum atomic E-state index is -0.115. The molecule has 2 aromatic rings. The van der Waals surface area contributed by atoms with E-state index < -0.39 is 0 Å². The second-order valence-corrected chi connectivity index (χ2v) is 6.45. The van der Waals surface area contributed by atoms with E-state index in [0.717, 1.165) is 15.8 Å². The van der Waals surface area contributed by atoms with Crippen LogP contribution in [0, 0.1) is 6.92 Å². The lowest BCUT2D eigenvalue weighted by Gasteiger charge is -2.19. The van der Waals surface area contributed by atoms with Gasteiger partial charge in [0.25, 0.3) is 5.91 Å². The molecule has 0 saturated carbocycles. The first-order valence-electron chi connectivity index (χ1n) is 7.82. The standard InChI is InChI=1S/C19H22BrNO4/c1-13-17(23-3)11-14(12-18(13)24-4)19(22)21(2)9-10-25-16-7-5-15(20)6-8-16/h5-8,11-12H,9-10H2,1-4H3. The first-order valence-corrected chi connectivity index (χ1v) is 8.62. The van der Waals surface area contributed by atoms with Crippen LogP contribution in [0.3, 0.4) is 0 Å². The molecule has 134 valence electrons. The summed E-state index contributed by atoms with van der Waals surface area (Å²) in [5.41, 5.74) is 1.38. The Morgan fingerprint density at radius 3 is 2.16 bits per heavy atom. The maximum absolute atomic E-state index is 12.6. The summed E-state index contributed by atoms with van der Waals surface area (Å²) < 4.78 is 17.3. The molecule has 0 fully saturated rings. The highest BCUT2D eigenvalue weighted by Gasteiger charge is 2.16. The van der Waals surface area contributed by atoms with Crippen molar-refractivity contribution in [2.45, 2.75) is 6.92 Å². The summed E-state index contributed by atoms with van der Waals surface area (Å²) in [4.78, 5) is 14.2. The van der Waals surface area contributed by atoms with Gasteiger partial charge in [-0.25, -0.2) is 0 Å². The first kappa shape index (κ1) is 19.1. The highest BCUT2D eigenvalue weighted by Crippen LogP contribution is 2.29.